The predicted molar refractivity (Wildman–Crippen MR) is 85.6 cm³/mol. The number of amidine groups is 1. The second kappa shape index (κ2) is 5.72. The van der Waals surface area contributed by atoms with E-state index in [2.05, 4.69) is 10.3 Å². The van der Waals surface area contributed by atoms with E-state index in [-0.39, 0.29) is 5.91 Å². The fourth-order valence-corrected chi connectivity index (χ4v) is 2.43. The van der Waals surface area contributed by atoms with E-state index < -0.39 is 0 Å². The first kappa shape index (κ1) is 13.9. The van der Waals surface area contributed by atoms with Crippen LogP contribution in [0.1, 0.15) is 11.1 Å². The van der Waals surface area contributed by atoms with Crippen LogP contribution in [0.3, 0.4) is 0 Å². The van der Waals surface area contributed by atoms with Gasteiger partial charge in [-0.05, 0) is 23.8 Å². The molecule has 104 valence electrons. The molecule has 2 aromatic carbocycles. The molecule has 5 heteroatoms. The predicted octanol–water partition coefficient (Wildman–Crippen LogP) is 3.91. The summed E-state index contributed by atoms with van der Waals surface area (Å²) < 4.78 is 0. The Balaban J connectivity index is 1.97. The van der Waals surface area contributed by atoms with E-state index in [0.717, 1.165) is 5.56 Å². The van der Waals surface area contributed by atoms with Gasteiger partial charge in [0.2, 0.25) is 0 Å². The van der Waals surface area contributed by atoms with E-state index in [4.69, 9.17) is 23.2 Å². The molecule has 1 amide bonds. The standard InChI is InChI=1S/C16H10Cl2N2O/c17-12-7-6-11(13(18)9-12)8-14-16(21)20-15(19-14)10-4-2-1-3-5-10/h1-9H,(H,19,20,21)/b14-8-. The first-order valence-electron chi connectivity index (χ1n) is 6.26. The van der Waals surface area contributed by atoms with Crippen molar-refractivity contribution < 1.29 is 4.79 Å². The molecule has 0 unspecified atom stereocenters. The second-order valence-corrected chi connectivity index (χ2v) is 5.32. The number of amides is 1. The zero-order chi connectivity index (χ0) is 14.8. The summed E-state index contributed by atoms with van der Waals surface area (Å²) in [5.41, 5.74) is 1.87. The fourth-order valence-electron chi connectivity index (χ4n) is 1.97. The van der Waals surface area contributed by atoms with Crippen molar-refractivity contribution in [2.45, 2.75) is 0 Å². The molecule has 3 nitrogen and oxygen atoms in total. The van der Waals surface area contributed by atoms with Crippen molar-refractivity contribution >= 4 is 41.0 Å². The summed E-state index contributed by atoms with van der Waals surface area (Å²) in [5.74, 6) is 0.289. The van der Waals surface area contributed by atoms with Gasteiger partial charge in [0.05, 0.1) is 0 Å². The summed E-state index contributed by atoms with van der Waals surface area (Å²) in [6, 6.07) is 14.6. The van der Waals surface area contributed by atoms with Gasteiger partial charge >= 0.3 is 0 Å². The lowest BCUT2D eigenvalue weighted by Gasteiger charge is -1.99. The van der Waals surface area contributed by atoms with Crippen LogP contribution in [0.2, 0.25) is 10.0 Å². The first-order valence-corrected chi connectivity index (χ1v) is 7.01. The fraction of sp³-hybridized carbons (Fsp3) is 0. The number of nitrogens with zero attached hydrogens (tertiary/aromatic N) is 1. The topological polar surface area (TPSA) is 41.5 Å². The summed E-state index contributed by atoms with van der Waals surface area (Å²) in [6.45, 7) is 0. The van der Waals surface area contributed by atoms with Crippen LogP contribution in [-0.4, -0.2) is 11.7 Å². The van der Waals surface area contributed by atoms with Crippen LogP contribution in [0.15, 0.2) is 59.2 Å². The molecule has 3 rings (SSSR count). The van der Waals surface area contributed by atoms with Crippen molar-refractivity contribution in [3.8, 4) is 0 Å². The minimum atomic E-state index is -0.250. The molecule has 0 saturated carbocycles. The maximum Gasteiger partial charge on any atom is 0.275 e. The number of halogens is 2. The van der Waals surface area contributed by atoms with Gasteiger partial charge in [0.1, 0.15) is 11.5 Å². The molecular formula is C16H10Cl2N2O. The highest BCUT2D eigenvalue weighted by Crippen LogP contribution is 2.24. The van der Waals surface area contributed by atoms with Gasteiger partial charge in [0.15, 0.2) is 0 Å². The minimum Gasteiger partial charge on any atom is -0.305 e. The van der Waals surface area contributed by atoms with Crippen molar-refractivity contribution in [2.24, 2.45) is 4.99 Å². The smallest absolute Gasteiger partial charge is 0.275 e. The molecule has 0 saturated heterocycles. The summed E-state index contributed by atoms with van der Waals surface area (Å²) in [4.78, 5) is 16.3. The van der Waals surface area contributed by atoms with Crippen molar-refractivity contribution in [2.75, 3.05) is 0 Å². The van der Waals surface area contributed by atoms with Crippen molar-refractivity contribution in [1.29, 1.82) is 0 Å². The van der Waals surface area contributed by atoms with Gasteiger partial charge in [-0.1, -0.05) is 59.6 Å². The molecule has 1 heterocycles. The van der Waals surface area contributed by atoms with Gasteiger partial charge in [-0.2, -0.15) is 0 Å². The molecule has 0 aliphatic carbocycles. The third-order valence-corrected chi connectivity index (χ3v) is 3.56. The number of hydrogen-bond donors (Lipinski definition) is 1. The lowest BCUT2D eigenvalue weighted by atomic mass is 10.2. The molecule has 21 heavy (non-hydrogen) atoms. The quantitative estimate of drug-likeness (QED) is 0.838. The number of hydrogen-bond acceptors (Lipinski definition) is 2. The summed E-state index contributed by atoms with van der Waals surface area (Å²) in [7, 11) is 0. The van der Waals surface area contributed by atoms with E-state index in [0.29, 0.717) is 27.1 Å². The highest BCUT2D eigenvalue weighted by Gasteiger charge is 2.21. The van der Waals surface area contributed by atoms with Crippen LogP contribution in [0, 0.1) is 0 Å². The van der Waals surface area contributed by atoms with Crippen LogP contribution < -0.4 is 5.32 Å². The zero-order valence-electron chi connectivity index (χ0n) is 10.8. The van der Waals surface area contributed by atoms with Crippen molar-refractivity contribution in [3.63, 3.8) is 0 Å². The number of rotatable bonds is 2. The molecule has 0 atom stereocenters. The van der Waals surface area contributed by atoms with Gasteiger partial charge in [0.25, 0.3) is 5.91 Å². The second-order valence-electron chi connectivity index (χ2n) is 4.48. The van der Waals surface area contributed by atoms with Crippen LogP contribution in [-0.2, 0) is 4.79 Å². The van der Waals surface area contributed by atoms with Crippen LogP contribution >= 0.6 is 23.2 Å². The Bertz CT molecular complexity index is 767. The molecule has 0 spiro atoms. The minimum absolute atomic E-state index is 0.250. The zero-order valence-corrected chi connectivity index (χ0v) is 12.3. The molecule has 0 fully saturated rings. The lowest BCUT2D eigenvalue weighted by molar-refractivity contribution is -0.115. The first-order chi connectivity index (χ1) is 10.1. The normalized spacial score (nSPS) is 16.0. The molecule has 2 aromatic rings. The monoisotopic (exact) mass is 316 g/mol. The SMILES string of the molecule is O=C1NC(c2ccccc2)=N/C1=C\c1ccc(Cl)cc1Cl. The molecule has 0 radical (unpaired) electrons. The van der Waals surface area contributed by atoms with Gasteiger partial charge in [-0.25, -0.2) is 4.99 Å². The average Bonchev–Trinajstić information content (AvgIpc) is 2.84. The van der Waals surface area contributed by atoms with Crippen molar-refractivity contribution in [1.82, 2.24) is 5.32 Å². The Morgan fingerprint density at radius 1 is 1.05 bits per heavy atom. The Morgan fingerprint density at radius 2 is 1.81 bits per heavy atom. The Labute approximate surface area is 131 Å². The van der Waals surface area contributed by atoms with E-state index in [1.165, 1.54) is 0 Å². The van der Waals surface area contributed by atoms with E-state index in [1.807, 2.05) is 30.3 Å². The summed E-state index contributed by atoms with van der Waals surface area (Å²) >= 11 is 12.0. The highest BCUT2D eigenvalue weighted by molar-refractivity contribution is 6.35. The maximum absolute atomic E-state index is 12.0. The third kappa shape index (κ3) is 2.99. The van der Waals surface area contributed by atoms with Crippen LogP contribution in [0.4, 0.5) is 0 Å². The Morgan fingerprint density at radius 3 is 2.52 bits per heavy atom. The van der Waals surface area contributed by atoms with Crippen LogP contribution in [0.25, 0.3) is 6.08 Å². The van der Waals surface area contributed by atoms with Gasteiger partial charge in [-0.3, -0.25) is 4.79 Å². The molecule has 0 bridgehead atoms. The maximum atomic E-state index is 12.0. The molecular weight excluding hydrogens is 307 g/mol. The van der Waals surface area contributed by atoms with E-state index >= 15 is 0 Å². The van der Waals surface area contributed by atoms with Gasteiger partial charge in [-0.15, -0.1) is 0 Å². The highest BCUT2D eigenvalue weighted by atomic mass is 35.5. The third-order valence-electron chi connectivity index (χ3n) is 3.00. The molecule has 0 aromatic heterocycles. The van der Waals surface area contributed by atoms with Crippen molar-refractivity contribution in [3.05, 3.63) is 75.4 Å². The summed E-state index contributed by atoms with van der Waals surface area (Å²) in [5, 5.41) is 3.77. The van der Waals surface area contributed by atoms with Crippen LogP contribution in [0.5, 0.6) is 0 Å². The largest absolute Gasteiger partial charge is 0.305 e. The number of aliphatic imine (C=N–C) groups is 1. The Kier molecular flexibility index (Phi) is 3.78. The number of benzene rings is 2. The number of carbonyl (C=O) groups is 1. The number of carbonyl (C=O) groups excluding carboxylic acids is 1. The average molecular weight is 317 g/mol. The molecule has 1 N–H and O–H groups in total. The summed E-state index contributed by atoms with van der Waals surface area (Å²) in [6.07, 6.45) is 1.64. The van der Waals surface area contributed by atoms with Gasteiger partial charge in [0, 0.05) is 15.6 Å². The molecule has 1 aliphatic heterocycles. The Hall–Kier alpha value is -2.10. The number of nitrogens with one attached hydrogen (secondary N) is 1. The lowest BCUT2D eigenvalue weighted by Crippen LogP contribution is -2.24. The van der Waals surface area contributed by atoms with E-state index in [1.54, 1.807) is 24.3 Å². The molecule has 1 aliphatic rings. The van der Waals surface area contributed by atoms with E-state index in [9.17, 15) is 4.79 Å². The van der Waals surface area contributed by atoms with Gasteiger partial charge < -0.3 is 5.32 Å².